The Labute approximate surface area is 155 Å². The first kappa shape index (κ1) is 22.1. The molecule has 0 aliphatic heterocycles. The molecule has 0 heterocycles. The van der Waals surface area contributed by atoms with Crippen LogP contribution in [0, 0.1) is 0 Å². The number of quaternary nitrogens is 1. The normalized spacial score (nSPS) is 13.1. The molecule has 2 N–H and O–H groups in total. The van der Waals surface area contributed by atoms with E-state index in [1.165, 1.54) is 63.4 Å². The number of hydrogen-bond acceptors (Lipinski definition) is 2. The van der Waals surface area contributed by atoms with Crippen molar-refractivity contribution in [2.75, 3.05) is 6.54 Å². The third kappa shape index (κ3) is 9.98. The molecule has 1 aromatic rings. The molecule has 1 rings (SSSR count). The summed E-state index contributed by atoms with van der Waals surface area (Å²) in [4.78, 5) is -0.855. The van der Waals surface area contributed by atoms with Crippen LogP contribution in [0.15, 0.2) is 30.3 Å². The molecule has 0 aliphatic carbocycles. The van der Waals surface area contributed by atoms with E-state index in [0.29, 0.717) is 6.54 Å². The van der Waals surface area contributed by atoms with Crippen molar-refractivity contribution in [3.05, 3.63) is 35.9 Å². The van der Waals surface area contributed by atoms with Gasteiger partial charge < -0.3 is 0 Å². The van der Waals surface area contributed by atoms with Gasteiger partial charge in [0.15, 0.2) is 6.04 Å². The molecule has 1 atom stereocenters. The third-order valence-electron chi connectivity index (χ3n) is 5.26. The SMILES string of the molecule is CCCCCCCCCCCCC(Cc1ccccc1)[N+](O)(O)CC. The van der Waals surface area contributed by atoms with Crippen LogP contribution < -0.4 is 0 Å². The average molecular weight is 351 g/mol. The lowest BCUT2D eigenvalue weighted by molar-refractivity contribution is -1.26. The zero-order valence-corrected chi connectivity index (χ0v) is 16.5. The minimum Gasteiger partial charge on any atom is -0.182 e. The molecule has 0 fully saturated rings. The van der Waals surface area contributed by atoms with Crippen LogP contribution in [-0.2, 0) is 6.42 Å². The second-order valence-corrected chi connectivity index (χ2v) is 7.42. The molecule has 0 saturated carbocycles. The van der Waals surface area contributed by atoms with E-state index < -0.39 is 4.81 Å². The maximum absolute atomic E-state index is 10.3. The van der Waals surface area contributed by atoms with E-state index in [0.717, 1.165) is 19.3 Å². The van der Waals surface area contributed by atoms with Crippen molar-refractivity contribution in [2.24, 2.45) is 0 Å². The van der Waals surface area contributed by atoms with Gasteiger partial charge in [-0.25, -0.2) is 0 Å². The van der Waals surface area contributed by atoms with E-state index in [4.69, 9.17) is 0 Å². The van der Waals surface area contributed by atoms with Crippen molar-refractivity contribution in [3.63, 3.8) is 0 Å². The van der Waals surface area contributed by atoms with Gasteiger partial charge in [-0.05, 0) is 23.7 Å². The van der Waals surface area contributed by atoms with E-state index in [1.807, 2.05) is 25.1 Å². The van der Waals surface area contributed by atoms with Crippen LogP contribution in [0.25, 0.3) is 0 Å². The zero-order chi connectivity index (χ0) is 18.4. The smallest absolute Gasteiger partial charge is 0.156 e. The van der Waals surface area contributed by atoms with Crippen molar-refractivity contribution in [1.82, 2.24) is 0 Å². The topological polar surface area (TPSA) is 40.5 Å². The van der Waals surface area contributed by atoms with E-state index >= 15 is 0 Å². The van der Waals surface area contributed by atoms with Crippen molar-refractivity contribution in [3.8, 4) is 0 Å². The molecule has 1 aromatic carbocycles. The summed E-state index contributed by atoms with van der Waals surface area (Å²) >= 11 is 0. The summed E-state index contributed by atoms with van der Waals surface area (Å²) in [6.45, 7) is 4.42. The Hall–Kier alpha value is -0.900. The Morgan fingerprint density at radius 3 is 1.80 bits per heavy atom. The number of likely N-dealkylation sites (N-methyl/N-ethyl adjacent to an activating group) is 1. The van der Waals surface area contributed by atoms with Gasteiger partial charge in [0.05, 0.1) is 0 Å². The largest absolute Gasteiger partial charge is 0.182 e. The highest BCUT2D eigenvalue weighted by atomic mass is 16.8. The third-order valence-corrected chi connectivity index (χ3v) is 5.26. The summed E-state index contributed by atoms with van der Waals surface area (Å²) < 4.78 is 0. The summed E-state index contributed by atoms with van der Waals surface area (Å²) in [5.74, 6) is 0. The molecule has 0 amide bonds. The van der Waals surface area contributed by atoms with Crippen LogP contribution in [0.2, 0.25) is 0 Å². The van der Waals surface area contributed by atoms with Gasteiger partial charge in [-0.15, -0.1) is 0 Å². The highest BCUT2D eigenvalue weighted by molar-refractivity contribution is 5.15. The molecule has 1 unspecified atom stereocenters. The lowest BCUT2D eigenvalue weighted by Gasteiger charge is -2.29. The van der Waals surface area contributed by atoms with Gasteiger partial charge in [-0.1, -0.05) is 95.0 Å². The minimum absolute atomic E-state index is 0.138. The van der Waals surface area contributed by atoms with Gasteiger partial charge in [0.25, 0.3) is 0 Å². The van der Waals surface area contributed by atoms with E-state index in [9.17, 15) is 10.4 Å². The summed E-state index contributed by atoms with van der Waals surface area (Å²) in [6, 6.07) is 10.0. The predicted octanol–water partition coefficient (Wildman–Crippen LogP) is 6.52. The Bertz CT molecular complexity index is 419. The van der Waals surface area contributed by atoms with E-state index in [-0.39, 0.29) is 6.04 Å². The molecule has 0 spiro atoms. The van der Waals surface area contributed by atoms with Gasteiger partial charge in [0.2, 0.25) is 0 Å². The van der Waals surface area contributed by atoms with Gasteiger partial charge in [-0.3, -0.25) is 0 Å². The molecule has 144 valence electrons. The molecule has 0 aliphatic rings. The first-order valence-corrected chi connectivity index (χ1v) is 10.5. The Balaban J connectivity index is 2.23. The lowest BCUT2D eigenvalue weighted by Crippen LogP contribution is -2.51. The minimum atomic E-state index is -0.855. The first-order chi connectivity index (χ1) is 12.1. The van der Waals surface area contributed by atoms with Crippen molar-refractivity contribution < 1.29 is 15.2 Å². The highest BCUT2D eigenvalue weighted by Gasteiger charge is 2.33. The van der Waals surface area contributed by atoms with Crippen LogP contribution in [-0.4, -0.2) is 27.8 Å². The predicted molar refractivity (Wildman–Crippen MR) is 105 cm³/mol. The van der Waals surface area contributed by atoms with Crippen LogP contribution in [0.3, 0.4) is 0 Å². The van der Waals surface area contributed by atoms with Crippen molar-refractivity contribution in [2.45, 2.75) is 96.9 Å². The van der Waals surface area contributed by atoms with Crippen LogP contribution >= 0.6 is 0 Å². The monoisotopic (exact) mass is 350 g/mol. The van der Waals surface area contributed by atoms with Crippen molar-refractivity contribution in [1.29, 1.82) is 0 Å². The van der Waals surface area contributed by atoms with E-state index in [2.05, 4.69) is 19.1 Å². The lowest BCUT2D eigenvalue weighted by atomic mass is 9.98. The average Bonchev–Trinajstić information content (AvgIpc) is 2.63. The van der Waals surface area contributed by atoms with Crippen LogP contribution in [0.4, 0.5) is 0 Å². The molecule has 25 heavy (non-hydrogen) atoms. The Morgan fingerprint density at radius 1 is 0.760 bits per heavy atom. The quantitative estimate of drug-likeness (QED) is 0.215. The van der Waals surface area contributed by atoms with Gasteiger partial charge >= 0.3 is 0 Å². The first-order valence-electron chi connectivity index (χ1n) is 10.5. The second kappa shape index (κ2) is 13.3. The molecule has 0 saturated heterocycles. The van der Waals surface area contributed by atoms with Gasteiger partial charge in [-0.2, -0.15) is 10.4 Å². The summed E-state index contributed by atoms with van der Waals surface area (Å²) in [5.41, 5.74) is 1.18. The standard InChI is InChI=1S/C22H40NO2/c1-3-5-6-7-8-9-10-11-12-16-19-22(23(24,25)4-2)20-21-17-14-13-15-18-21/h13-15,17-18,22,24-25H,3-12,16,19-20H2,1-2H3/q+1. The fraction of sp³-hybridized carbons (Fsp3) is 0.727. The molecular weight excluding hydrogens is 310 g/mol. The molecule has 3 nitrogen and oxygen atoms in total. The summed E-state index contributed by atoms with van der Waals surface area (Å²) in [5, 5.41) is 20.6. The van der Waals surface area contributed by atoms with Gasteiger partial charge in [0.1, 0.15) is 6.54 Å². The second-order valence-electron chi connectivity index (χ2n) is 7.42. The highest BCUT2D eigenvalue weighted by Crippen LogP contribution is 2.20. The summed E-state index contributed by atoms with van der Waals surface area (Å²) in [6.07, 6.45) is 14.7. The van der Waals surface area contributed by atoms with Crippen LogP contribution in [0.1, 0.15) is 90.0 Å². The Morgan fingerprint density at radius 2 is 1.28 bits per heavy atom. The number of hydrogen-bond donors (Lipinski definition) is 2. The van der Waals surface area contributed by atoms with Crippen molar-refractivity contribution >= 4 is 0 Å². The number of hydroxylamine groups is 4. The number of unbranched alkanes of at least 4 members (excludes halogenated alkanes) is 9. The Kier molecular flexibility index (Phi) is 11.8. The molecule has 0 bridgehead atoms. The van der Waals surface area contributed by atoms with Gasteiger partial charge in [0, 0.05) is 12.8 Å². The maximum atomic E-state index is 10.3. The van der Waals surface area contributed by atoms with Crippen LogP contribution in [0.5, 0.6) is 0 Å². The molecule has 3 heteroatoms. The fourth-order valence-corrected chi connectivity index (χ4v) is 3.47. The number of rotatable bonds is 15. The molecule has 0 aromatic heterocycles. The molecule has 0 radical (unpaired) electrons. The van der Waals surface area contributed by atoms with E-state index in [1.54, 1.807) is 0 Å². The summed E-state index contributed by atoms with van der Waals surface area (Å²) in [7, 11) is 0. The molecular formula is C22H40NO2+. The zero-order valence-electron chi connectivity index (χ0n) is 16.5. The fourth-order valence-electron chi connectivity index (χ4n) is 3.47. The number of nitrogens with zero attached hydrogens (tertiary/aromatic N) is 1. The number of benzene rings is 1. The maximum Gasteiger partial charge on any atom is 0.156 e.